The number of hydrogen-bond donors (Lipinski definition) is 0. The minimum atomic E-state index is 0.0211. The van der Waals surface area contributed by atoms with Crippen LogP contribution >= 0.6 is 0 Å². The monoisotopic (exact) mass is 260 g/mol. The molecule has 0 atom stereocenters. The fourth-order valence-electron chi connectivity index (χ4n) is 1.75. The van der Waals surface area contributed by atoms with Crippen LogP contribution in [0.15, 0.2) is 0 Å². The molecular weight excluding hydrogens is 232 g/mol. The van der Waals surface area contributed by atoms with Crippen LogP contribution in [0.4, 0.5) is 0 Å². The largest absolute Gasteiger partial charge is 0.353 e. The topological polar surface area (TPSA) is 36.9 Å². The van der Waals surface area contributed by atoms with Crippen molar-refractivity contribution in [1.82, 2.24) is 0 Å². The lowest BCUT2D eigenvalue weighted by Crippen LogP contribution is -2.29. The molecule has 2 rings (SSSR count). The highest BCUT2D eigenvalue weighted by molar-refractivity contribution is 4.58. The van der Waals surface area contributed by atoms with Crippen LogP contribution in [0, 0.1) is 11.8 Å². The Labute approximate surface area is 111 Å². The molecule has 18 heavy (non-hydrogen) atoms. The number of hydrogen-bond acceptors (Lipinski definition) is 4. The van der Waals surface area contributed by atoms with E-state index in [0.29, 0.717) is 11.8 Å². The van der Waals surface area contributed by atoms with Gasteiger partial charge in [0, 0.05) is 11.8 Å². The quantitative estimate of drug-likeness (QED) is 0.765. The summed E-state index contributed by atoms with van der Waals surface area (Å²) in [6, 6.07) is 0. The minimum absolute atomic E-state index is 0.0211. The molecule has 2 heterocycles. The number of ether oxygens (including phenoxy) is 4. The van der Waals surface area contributed by atoms with Crippen LogP contribution in [0.25, 0.3) is 0 Å². The van der Waals surface area contributed by atoms with Gasteiger partial charge in [-0.2, -0.15) is 0 Å². The Morgan fingerprint density at radius 3 is 1.78 bits per heavy atom. The smallest absolute Gasteiger partial charge is 0.157 e. The Morgan fingerprint density at radius 1 is 0.778 bits per heavy atom. The average Bonchev–Trinajstić information content (AvgIpc) is 2.41. The van der Waals surface area contributed by atoms with E-state index in [1.165, 1.54) is 0 Å². The van der Waals surface area contributed by atoms with Crippen molar-refractivity contribution in [3.05, 3.63) is 0 Å². The summed E-state index contributed by atoms with van der Waals surface area (Å²) in [7, 11) is 0. The molecule has 2 aliphatic rings. The van der Waals surface area contributed by atoms with Crippen molar-refractivity contribution in [2.45, 2.75) is 53.1 Å². The van der Waals surface area contributed by atoms with Crippen molar-refractivity contribution in [2.24, 2.45) is 11.8 Å². The fraction of sp³-hybridized carbons (Fsp3) is 1.00. The molecule has 108 valence electrons. The van der Waals surface area contributed by atoms with Crippen molar-refractivity contribution in [3.63, 3.8) is 0 Å². The molecule has 4 nitrogen and oxygen atoms in total. The van der Waals surface area contributed by atoms with E-state index in [2.05, 4.69) is 20.8 Å². The first-order chi connectivity index (χ1) is 8.65. The van der Waals surface area contributed by atoms with Gasteiger partial charge in [0.15, 0.2) is 12.6 Å². The molecule has 0 aromatic heterocycles. The molecule has 4 heteroatoms. The Balaban J connectivity index is 0.000000180. The third-order valence-corrected chi connectivity index (χ3v) is 3.18. The summed E-state index contributed by atoms with van der Waals surface area (Å²) < 4.78 is 21.2. The SMILES string of the molecule is CCC1COC(C)OC1.CCC1OCC(C)CO1. The molecular formula is C14H28O4. The molecule has 0 aromatic carbocycles. The summed E-state index contributed by atoms with van der Waals surface area (Å²) >= 11 is 0. The van der Waals surface area contributed by atoms with Gasteiger partial charge in [-0.05, 0) is 19.8 Å². The Hall–Kier alpha value is -0.160. The lowest BCUT2D eigenvalue weighted by Gasteiger charge is -2.26. The summed E-state index contributed by atoms with van der Waals surface area (Å²) in [6.45, 7) is 11.8. The fourth-order valence-corrected chi connectivity index (χ4v) is 1.75. The highest BCUT2D eigenvalue weighted by atomic mass is 16.7. The lowest BCUT2D eigenvalue weighted by atomic mass is 10.1. The van der Waals surface area contributed by atoms with Gasteiger partial charge in [0.05, 0.1) is 26.4 Å². The van der Waals surface area contributed by atoms with Gasteiger partial charge >= 0.3 is 0 Å². The molecule has 0 unspecified atom stereocenters. The maximum absolute atomic E-state index is 5.32. The maximum atomic E-state index is 5.32. The summed E-state index contributed by atoms with van der Waals surface area (Å²) in [4.78, 5) is 0. The highest BCUT2D eigenvalue weighted by Crippen LogP contribution is 2.13. The van der Waals surface area contributed by atoms with E-state index in [4.69, 9.17) is 18.9 Å². The maximum Gasteiger partial charge on any atom is 0.157 e. The van der Waals surface area contributed by atoms with Crippen LogP contribution < -0.4 is 0 Å². The van der Waals surface area contributed by atoms with Crippen LogP contribution in [0.5, 0.6) is 0 Å². The van der Waals surface area contributed by atoms with Crippen LogP contribution in [-0.2, 0) is 18.9 Å². The molecule has 0 bridgehead atoms. The van der Waals surface area contributed by atoms with E-state index in [-0.39, 0.29) is 12.6 Å². The zero-order valence-electron chi connectivity index (χ0n) is 12.2. The first-order valence-corrected chi connectivity index (χ1v) is 7.12. The van der Waals surface area contributed by atoms with E-state index in [1.54, 1.807) is 0 Å². The van der Waals surface area contributed by atoms with Crippen molar-refractivity contribution in [3.8, 4) is 0 Å². The molecule has 0 saturated carbocycles. The Kier molecular flexibility index (Phi) is 7.82. The molecule has 2 fully saturated rings. The first-order valence-electron chi connectivity index (χ1n) is 7.12. The first kappa shape index (κ1) is 15.9. The van der Waals surface area contributed by atoms with Crippen LogP contribution in [-0.4, -0.2) is 39.0 Å². The van der Waals surface area contributed by atoms with Gasteiger partial charge in [-0.25, -0.2) is 0 Å². The van der Waals surface area contributed by atoms with Gasteiger partial charge in [-0.15, -0.1) is 0 Å². The lowest BCUT2D eigenvalue weighted by molar-refractivity contribution is -0.197. The van der Waals surface area contributed by atoms with Gasteiger partial charge in [-0.3, -0.25) is 0 Å². The summed E-state index contributed by atoms with van der Waals surface area (Å²) in [5.74, 6) is 1.20. The molecule has 2 saturated heterocycles. The molecule has 2 aliphatic heterocycles. The van der Waals surface area contributed by atoms with Gasteiger partial charge in [0.2, 0.25) is 0 Å². The van der Waals surface area contributed by atoms with Crippen molar-refractivity contribution in [1.29, 1.82) is 0 Å². The second-order valence-electron chi connectivity index (χ2n) is 5.12. The van der Waals surface area contributed by atoms with E-state index >= 15 is 0 Å². The van der Waals surface area contributed by atoms with Crippen LogP contribution in [0.3, 0.4) is 0 Å². The van der Waals surface area contributed by atoms with Crippen LogP contribution in [0.1, 0.15) is 40.5 Å². The number of rotatable bonds is 2. The Morgan fingerprint density at radius 2 is 1.33 bits per heavy atom. The molecule has 0 aromatic rings. The van der Waals surface area contributed by atoms with Gasteiger partial charge in [0.1, 0.15) is 0 Å². The average molecular weight is 260 g/mol. The molecule has 0 radical (unpaired) electrons. The predicted octanol–water partition coefficient (Wildman–Crippen LogP) is 2.81. The van der Waals surface area contributed by atoms with Crippen molar-refractivity contribution < 1.29 is 18.9 Å². The summed E-state index contributed by atoms with van der Waals surface area (Å²) in [5.41, 5.74) is 0. The highest BCUT2D eigenvalue weighted by Gasteiger charge is 2.17. The Bertz CT molecular complexity index is 172. The van der Waals surface area contributed by atoms with E-state index in [0.717, 1.165) is 39.3 Å². The molecule has 0 aliphatic carbocycles. The zero-order chi connectivity index (χ0) is 13.4. The van der Waals surface area contributed by atoms with E-state index < -0.39 is 0 Å². The van der Waals surface area contributed by atoms with Crippen LogP contribution in [0.2, 0.25) is 0 Å². The minimum Gasteiger partial charge on any atom is -0.353 e. The summed E-state index contributed by atoms with van der Waals surface area (Å²) in [6.07, 6.45) is 2.22. The van der Waals surface area contributed by atoms with E-state index in [9.17, 15) is 0 Å². The normalized spacial score (nSPS) is 36.7. The van der Waals surface area contributed by atoms with Crippen molar-refractivity contribution in [2.75, 3.05) is 26.4 Å². The predicted molar refractivity (Wildman–Crippen MR) is 70.3 cm³/mol. The third-order valence-electron chi connectivity index (χ3n) is 3.18. The van der Waals surface area contributed by atoms with Crippen molar-refractivity contribution >= 4 is 0 Å². The van der Waals surface area contributed by atoms with Gasteiger partial charge in [0.25, 0.3) is 0 Å². The van der Waals surface area contributed by atoms with E-state index in [1.807, 2.05) is 6.92 Å². The second kappa shape index (κ2) is 8.86. The zero-order valence-corrected chi connectivity index (χ0v) is 12.2. The van der Waals surface area contributed by atoms with Gasteiger partial charge in [-0.1, -0.05) is 20.8 Å². The third kappa shape index (κ3) is 6.14. The van der Waals surface area contributed by atoms with Gasteiger partial charge < -0.3 is 18.9 Å². The standard InChI is InChI=1S/2C7H14O2/c1-3-7-4-8-6(2)9-5-7;1-3-7-8-4-6(2)5-9-7/h2*6-7H,3-5H2,1-2H3. The molecule has 0 N–H and O–H groups in total. The second-order valence-corrected chi connectivity index (χ2v) is 5.12. The molecule has 0 spiro atoms. The molecule has 0 amide bonds. The summed E-state index contributed by atoms with van der Waals surface area (Å²) in [5, 5.41) is 0.